The Morgan fingerprint density at radius 3 is 2.48 bits per heavy atom. The van der Waals surface area contributed by atoms with Crippen LogP contribution in [0.4, 0.5) is 5.82 Å². The van der Waals surface area contributed by atoms with E-state index in [1.165, 1.54) is 0 Å². The Labute approximate surface area is 162 Å². The van der Waals surface area contributed by atoms with Crippen LogP contribution in [0.3, 0.4) is 0 Å². The Hall–Kier alpha value is -2.73. The Balaban J connectivity index is 1.72. The summed E-state index contributed by atoms with van der Waals surface area (Å²) in [5.74, 6) is 3.15. The van der Waals surface area contributed by atoms with E-state index in [0.717, 1.165) is 51.1 Å². The first-order valence-electron chi connectivity index (χ1n) is 8.78. The van der Waals surface area contributed by atoms with Crippen LogP contribution in [0.1, 0.15) is 32.7 Å². The number of fused-ring (bicyclic) bond motifs is 1. The van der Waals surface area contributed by atoms with Crippen molar-refractivity contribution in [2.45, 2.75) is 25.4 Å². The number of amides is 1. The van der Waals surface area contributed by atoms with E-state index in [0.29, 0.717) is 5.56 Å². The second kappa shape index (κ2) is 7.12. The van der Waals surface area contributed by atoms with Crippen LogP contribution < -0.4 is 10.1 Å². The predicted molar refractivity (Wildman–Crippen MR) is 109 cm³/mol. The van der Waals surface area contributed by atoms with E-state index in [1.54, 1.807) is 7.11 Å². The third-order valence-corrected chi connectivity index (χ3v) is 5.56. The highest BCUT2D eigenvalue weighted by Gasteiger charge is 2.25. The number of carbonyl (C=O) groups excluding carboxylic acids is 1. The largest absolute Gasteiger partial charge is 0.497 e. The number of benzene rings is 2. The lowest BCUT2D eigenvalue weighted by molar-refractivity contribution is 0.102. The lowest BCUT2D eigenvalue weighted by Gasteiger charge is -2.12. The molecule has 1 aliphatic heterocycles. The van der Waals surface area contributed by atoms with Gasteiger partial charge in [0.25, 0.3) is 5.91 Å². The van der Waals surface area contributed by atoms with Gasteiger partial charge in [-0.15, -0.1) is 0 Å². The van der Waals surface area contributed by atoms with Gasteiger partial charge in [0.1, 0.15) is 11.6 Å². The molecule has 2 heterocycles. The molecule has 0 bridgehead atoms. The van der Waals surface area contributed by atoms with Crippen LogP contribution >= 0.6 is 11.8 Å². The Morgan fingerprint density at radius 1 is 1.11 bits per heavy atom. The maximum Gasteiger partial charge on any atom is 0.256 e. The number of carbonyl (C=O) groups is 1. The smallest absolute Gasteiger partial charge is 0.256 e. The highest BCUT2D eigenvalue weighted by Crippen LogP contribution is 2.36. The number of hydrogen-bond donors (Lipinski definition) is 1. The van der Waals surface area contributed by atoms with Crippen molar-refractivity contribution in [1.29, 1.82) is 0 Å². The van der Waals surface area contributed by atoms with Gasteiger partial charge in [0.15, 0.2) is 0 Å². The lowest BCUT2D eigenvalue weighted by atomic mass is 10.1. The molecule has 3 aromatic rings. The molecule has 1 amide bonds. The first-order chi connectivity index (χ1) is 13.0. The van der Waals surface area contributed by atoms with E-state index in [9.17, 15) is 4.79 Å². The van der Waals surface area contributed by atoms with Gasteiger partial charge < -0.3 is 10.1 Å². The van der Waals surface area contributed by atoms with Gasteiger partial charge in [-0.05, 0) is 50.2 Å². The molecule has 5 nitrogen and oxygen atoms in total. The molecule has 2 aromatic carbocycles. The van der Waals surface area contributed by atoms with Crippen LogP contribution in [0.2, 0.25) is 0 Å². The number of nitrogens with zero attached hydrogens (tertiary/aromatic N) is 2. The molecule has 0 atom stereocenters. The first kappa shape index (κ1) is 17.7. The zero-order chi connectivity index (χ0) is 19.0. The van der Waals surface area contributed by atoms with Gasteiger partial charge in [-0.2, -0.15) is 16.9 Å². The minimum absolute atomic E-state index is 0.115. The zero-order valence-electron chi connectivity index (χ0n) is 15.6. The Bertz CT molecular complexity index is 989. The van der Waals surface area contributed by atoms with Gasteiger partial charge in [0, 0.05) is 22.6 Å². The maximum absolute atomic E-state index is 12.9. The molecule has 0 fully saturated rings. The van der Waals surface area contributed by atoms with Crippen molar-refractivity contribution in [3.8, 4) is 11.4 Å². The second-order valence-corrected chi connectivity index (χ2v) is 7.69. The summed E-state index contributed by atoms with van der Waals surface area (Å²) in [7, 11) is 1.64. The van der Waals surface area contributed by atoms with Crippen molar-refractivity contribution in [3.63, 3.8) is 0 Å². The topological polar surface area (TPSA) is 56.1 Å². The number of thioether (sulfide) groups is 1. The van der Waals surface area contributed by atoms with Crippen LogP contribution in [0.25, 0.3) is 5.69 Å². The molecular formula is C21H21N3O2S. The van der Waals surface area contributed by atoms with Crippen molar-refractivity contribution in [2.75, 3.05) is 12.4 Å². The molecule has 0 saturated carbocycles. The molecular weight excluding hydrogens is 358 g/mol. The standard InChI is InChI=1S/C21H21N3O2S/c1-13-8-14(2)10-15(9-13)21(25)22-20-18-11-27-12-19(18)23-24(20)16-4-6-17(26-3)7-5-16/h4-10H,11-12H2,1-3H3,(H,22,25). The van der Waals surface area contributed by atoms with Crippen molar-refractivity contribution in [3.05, 3.63) is 70.4 Å². The average molecular weight is 379 g/mol. The van der Waals surface area contributed by atoms with Gasteiger partial charge in [-0.3, -0.25) is 4.79 Å². The summed E-state index contributed by atoms with van der Waals surface area (Å²) in [6.07, 6.45) is 0. The number of nitrogens with one attached hydrogen (secondary N) is 1. The molecule has 1 N–H and O–H groups in total. The highest BCUT2D eigenvalue weighted by atomic mass is 32.2. The van der Waals surface area contributed by atoms with E-state index in [-0.39, 0.29) is 5.91 Å². The summed E-state index contributed by atoms with van der Waals surface area (Å²) in [5.41, 5.74) is 5.84. The molecule has 138 valence electrons. The minimum atomic E-state index is -0.115. The van der Waals surface area contributed by atoms with E-state index >= 15 is 0 Å². The number of aromatic nitrogens is 2. The van der Waals surface area contributed by atoms with Gasteiger partial charge >= 0.3 is 0 Å². The fraction of sp³-hybridized carbons (Fsp3) is 0.238. The molecule has 0 aliphatic carbocycles. The maximum atomic E-state index is 12.9. The van der Waals surface area contributed by atoms with Crippen molar-refractivity contribution in [2.24, 2.45) is 0 Å². The second-order valence-electron chi connectivity index (χ2n) is 6.71. The van der Waals surface area contributed by atoms with Gasteiger partial charge in [-0.25, -0.2) is 4.68 Å². The van der Waals surface area contributed by atoms with Gasteiger partial charge in [0.2, 0.25) is 0 Å². The van der Waals surface area contributed by atoms with E-state index in [1.807, 2.05) is 66.7 Å². The fourth-order valence-electron chi connectivity index (χ4n) is 3.34. The van der Waals surface area contributed by atoms with E-state index in [2.05, 4.69) is 11.4 Å². The summed E-state index contributed by atoms with van der Waals surface area (Å²) in [5, 5.41) is 7.84. The van der Waals surface area contributed by atoms with Crippen LogP contribution in [0.15, 0.2) is 42.5 Å². The monoisotopic (exact) mass is 379 g/mol. The molecule has 0 spiro atoms. The summed E-state index contributed by atoms with van der Waals surface area (Å²) in [6, 6.07) is 13.6. The third-order valence-electron chi connectivity index (χ3n) is 4.58. The number of hydrogen-bond acceptors (Lipinski definition) is 4. The SMILES string of the molecule is COc1ccc(-n2nc3c(c2NC(=O)c2cc(C)cc(C)c2)CSC3)cc1. The lowest BCUT2D eigenvalue weighted by Crippen LogP contribution is -2.16. The normalized spacial score (nSPS) is 12.7. The molecule has 0 saturated heterocycles. The summed E-state index contributed by atoms with van der Waals surface area (Å²) in [4.78, 5) is 12.9. The predicted octanol–water partition coefficient (Wildman–Crippen LogP) is 4.50. The zero-order valence-corrected chi connectivity index (χ0v) is 16.4. The molecule has 27 heavy (non-hydrogen) atoms. The quantitative estimate of drug-likeness (QED) is 0.725. The number of ether oxygens (including phenoxy) is 1. The molecule has 4 rings (SSSR count). The summed E-state index contributed by atoms with van der Waals surface area (Å²) in [6.45, 7) is 4.00. The average Bonchev–Trinajstić information content (AvgIpc) is 3.23. The fourth-order valence-corrected chi connectivity index (χ4v) is 4.37. The molecule has 0 radical (unpaired) electrons. The first-order valence-corrected chi connectivity index (χ1v) is 9.93. The van der Waals surface area contributed by atoms with E-state index in [4.69, 9.17) is 9.84 Å². The van der Waals surface area contributed by atoms with Crippen molar-refractivity contribution >= 4 is 23.5 Å². The highest BCUT2D eigenvalue weighted by molar-refractivity contribution is 7.98. The van der Waals surface area contributed by atoms with Crippen molar-refractivity contribution in [1.82, 2.24) is 9.78 Å². The number of methoxy groups -OCH3 is 1. The van der Waals surface area contributed by atoms with Crippen molar-refractivity contribution < 1.29 is 9.53 Å². The van der Waals surface area contributed by atoms with Crippen LogP contribution in [0, 0.1) is 13.8 Å². The number of aryl methyl sites for hydroxylation is 2. The minimum Gasteiger partial charge on any atom is -0.497 e. The van der Waals surface area contributed by atoms with Crippen LogP contribution in [-0.2, 0) is 11.5 Å². The van der Waals surface area contributed by atoms with Gasteiger partial charge in [-0.1, -0.05) is 17.2 Å². The molecule has 6 heteroatoms. The third kappa shape index (κ3) is 3.45. The molecule has 0 unspecified atom stereocenters. The summed E-state index contributed by atoms with van der Waals surface area (Å²) < 4.78 is 7.06. The van der Waals surface area contributed by atoms with Crippen LogP contribution in [0.5, 0.6) is 5.75 Å². The van der Waals surface area contributed by atoms with Gasteiger partial charge in [0.05, 0.1) is 18.5 Å². The Kier molecular flexibility index (Phi) is 4.66. The summed E-state index contributed by atoms with van der Waals surface area (Å²) >= 11 is 1.81. The molecule has 1 aromatic heterocycles. The molecule has 1 aliphatic rings. The Morgan fingerprint density at radius 2 is 1.81 bits per heavy atom. The van der Waals surface area contributed by atoms with E-state index < -0.39 is 0 Å². The number of rotatable bonds is 4. The number of anilines is 1. The van der Waals surface area contributed by atoms with Crippen LogP contribution in [-0.4, -0.2) is 22.8 Å².